The molecule has 9 heteroatoms. The number of aryl methyl sites for hydroxylation is 1. The lowest BCUT2D eigenvalue weighted by atomic mass is 9.81. The van der Waals surface area contributed by atoms with Crippen LogP contribution in [0.4, 0.5) is 5.69 Å². The number of ketones is 1. The van der Waals surface area contributed by atoms with Gasteiger partial charge in [0, 0.05) is 21.0 Å². The van der Waals surface area contributed by atoms with E-state index in [1.54, 1.807) is 67.6 Å². The highest BCUT2D eigenvalue weighted by Crippen LogP contribution is 2.41. The Morgan fingerprint density at radius 2 is 1.64 bits per heavy atom. The maximum atomic E-state index is 13.7. The number of benzene rings is 3. The van der Waals surface area contributed by atoms with E-state index >= 15 is 0 Å². The third-order valence-corrected chi connectivity index (χ3v) is 10.0. The molecule has 1 aliphatic carbocycles. The zero-order valence-corrected chi connectivity index (χ0v) is 26.7. The number of nitrogens with zero attached hydrogens (tertiary/aromatic N) is 2. The van der Waals surface area contributed by atoms with Crippen LogP contribution < -0.4 is 4.90 Å². The fraction of sp³-hybridized carbons (Fsp3) is 0.286. The van der Waals surface area contributed by atoms with Crippen molar-refractivity contribution in [2.24, 2.45) is 11.8 Å². The molecular weight excluding hydrogens is 644 g/mol. The topological polar surface area (TPSA) is 93.6 Å². The summed E-state index contributed by atoms with van der Waals surface area (Å²) in [6.07, 6.45) is 2.76. The largest absolute Gasteiger partial charge is 0.450 e. The van der Waals surface area contributed by atoms with E-state index in [1.807, 2.05) is 13.0 Å². The highest BCUT2D eigenvalue weighted by atomic mass is 79.9. The van der Waals surface area contributed by atoms with Crippen LogP contribution in [-0.2, 0) is 14.3 Å². The number of Topliss-reactive ketones (excluding diaryl/α,β-unsaturated/α-hetero) is 1. The molecular formula is C35H30BrClN2O5. The van der Waals surface area contributed by atoms with E-state index in [0.29, 0.717) is 54.9 Å². The fourth-order valence-electron chi connectivity index (χ4n) is 6.28. The van der Waals surface area contributed by atoms with Crippen molar-refractivity contribution in [1.29, 1.82) is 0 Å². The van der Waals surface area contributed by atoms with Crippen molar-refractivity contribution in [1.82, 2.24) is 4.98 Å². The normalized spacial score (nSPS) is 18.8. The molecule has 1 aromatic heterocycles. The Kier molecular flexibility index (Phi) is 8.40. The van der Waals surface area contributed by atoms with Gasteiger partial charge in [0.1, 0.15) is 0 Å². The molecule has 0 N–H and O–H groups in total. The van der Waals surface area contributed by atoms with Gasteiger partial charge in [-0.25, -0.2) is 9.78 Å². The van der Waals surface area contributed by atoms with Crippen molar-refractivity contribution in [3.8, 4) is 11.3 Å². The van der Waals surface area contributed by atoms with Crippen LogP contribution in [0.15, 0.2) is 71.2 Å². The summed E-state index contributed by atoms with van der Waals surface area (Å²) in [6, 6.07) is 19.1. The molecule has 2 fully saturated rings. The molecule has 1 aliphatic heterocycles. The van der Waals surface area contributed by atoms with Crippen LogP contribution in [0.3, 0.4) is 0 Å². The van der Waals surface area contributed by atoms with E-state index in [2.05, 4.69) is 15.9 Å². The molecule has 0 spiro atoms. The second-order valence-electron chi connectivity index (χ2n) is 11.3. The van der Waals surface area contributed by atoms with Crippen LogP contribution in [0.25, 0.3) is 22.2 Å². The lowest BCUT2D eigenvalue weighted by molar-refractivity contribution is -0.122. The molecule has 2 heterocycles. The van der Waals surface area contributed by atoms with Crippen molar-refractivity contribution in [2.45, 2.75) is 52.1 Å². The Labute approximate surface area is 268 Å². The number of pyridine rings is 1. The Morgan fingerprint density at radius 1 is 1.00 bits per heavy atom. The maximum absolute atomic E-state index is 13.7. The number of amides is 2. The second kappa shape index (κ2) is 12.3. The van der Waals surface area contributed by atoms with E-state index in [0.717, 1.165) is 25.7 Å². The molecule has 224 valence electrons. The standard InChI is InChI=1S/C35H30BrClN2O5/c1-3-29(32(40)21-9-5-4-6-10-21)44-35(43)26-18-28(38-31-19(2)30(37)27(36)17-25(26)31)20-13-15-22(16-14-20)39-33(41)23-11-7-8-12-24(23)34(39)42/h4-6,9-10,13-18,23-24,29H,3,7-8,11-12H2,1-2H3. The zero-order chi connectivity index (χ0) is 31.1. The first kappa shape index (κ1) is 30.2. The molecule has 2 aliphatic rings. The second-order valence-corrected chi connectivity index (χ2v) is 12.6. The van der Waals surface area contributed by atoms with Gasteiger partial charge in [0.25, 0.3) is 0 Å². The van der Waals surface area contributed by atoms with Gasteiger partial charge in [-0.3, -0.25) is 19.3 Å². The summed E-state index contributed by atoms with van der Waals surface area (Å²) in [4.78, 5) is 59.3. The predicted molar refractivity (Wildman–Crippen MR) is 173 cm³/mol. The summed E-state index contributed by atoms with van der Waals surface area (Å²) < 4.78 is 6.42. The van der Waals surface area contributed by atoms with E-state index in [1.165, 1.54) is 4.90 Å². The first-order chi connectivity index (χ1) is 21.2. The van der Waals surface area contributed by atoms with Crippen LogP contribution in [0, 0.1) is 18.8 Å². The molecule has 0 bridgehead atoms. The number of hydrogen-bond acceptors (Lipinski definition) is 6. The summed E-state index contributed by atoms with van der Waals surface area (Å²) in [5.74, 6) is -1.67. The summed E-state index contributed by atoms with van der Waals surface area (Å²) in [6.45, 7) is 3.62. The van der Waals surface area contributed by atoms with Gasteiger partial charge in [-0.05, 0) is 71.9 Å². The number of carbonyl (C=O) groups is 4. The minimum absolute atomic E-state index is 0.132. The van der Waals surface area contributed by atoms with Crippen LogP contribution in [0.2, 0.25) is 5.02 Å². The Bertz CT molecular complexity index is 1780. The third kappa shape index (κ3) is 5.35. The van der Waals surface area contributed by atoms with E-state index in [-0.39, 0.29) is 35.0 Å². The van der Waals surface area contributed by atoms with Gasteiger partial charge in [0.05, 0.1) is 39.3 Å². The molecule has 7 nitrogen and oxygen atoms in total. The van der Waals surface area contributed by atoms with Crippen molar-refractivity contribution < 1.29 is 23.9 Å². The summed E-state index contributed by atoms with van der Waals surface area (Å²) in [7, 11) is 0. The molecule has 3 atom stereocenters. The van der Waals surface area contributed by atoms with Gasteiger partial charge < -0.3 is 4.74 Å². The lowest BCUT2D eigenvalue weighted by Gasteiger charge is -2.19. The summed E-state index contributed by atoms with van der Waals surface area (Å²) in [5.41, 5.74) is 3.57. The molecule has 4 aromatic rings. The van der Waals surface area contributed by atoms with Crippen LogP contribution in [0.1, 0.15) is 65.3 Å². The molecule has 1 saturated carbocycles. The molecule has 2 amide bonds. The molecule has 3 unspecified atom stereocenters. The first-order valence-electron chi connectivity index (χ1n) is 14.8. The highest BCUT2D eigenvalue weighted by Gasteiger charge is 2.48. The minimum Gasteiger partial charge on any atom is -0.450 e. The quantitative estimate of drug-likeness (QED) is 0.112. The molecule has 0 radical (unpaired) electrons. The number of esters is 1. The third-order valence-electron chi connectivity index (χ3n) is 8.68. The van der Waals surface area contributed by atoms with E-state index in [9.17, 15) is 19.2 Å². The molecule has 6 rings (SSSR count). The van der Waals surface area contributed by atoms with Crippen LogP contribution >= 0.6 is 27.5 Å². The van der Waals surface area contributed by atoms with Gasteiger partial charge in [-0.1, -0.05) is 73.8 Å². The van der Waals surface area contributed by atoms with Crippen LogP contribution in [-0.4, -0.2) is 34.7 Å². The average Bonchev–Trinajstić information content (AvgIpc) is 3.31. The number of halogens is 2. The number of carbonyl (C=O) groups excluding carboxylic acids is 4. The van der Waals surface area contributed by atoms with Gasteiger partial charge in [-0.15, -0.1) is 0 Å². The maximum Gasteiger partial charge on any atom is 0.339 e. The number of ether oxygens (including phenoxy) is 1. The van der Waals surface area contributed by atoms with Gasteiger partial charge in [0.15, 0.2) is 6.10 Å². The van der Waals surface area contributed by atoms with Crippen LogP contribution in [0.5, 0.6) is 0 Å². The SMILES string of the molecule is CCC(OC(=O)c1cc(-c2ccc(N3C(=O)C4CCCCC4C3=O)cc2)nc2c(C)c(Cl)c(Br)cc12)C(=O)c1ccccc1. The van der Waals surface area contributed by atoms with Crippen molar-refractivity contribution in [3.05, 3.63) is 92.9 Å². The summed E-state index contributed by atoms with van der Waals surface area (Å²) >= 11 is 10.0. The van der Waals surface area contributed by atoms with Gasteiger partial charge in [-0.2, -0.15) is 0 Å². The number of imide groups is 1. The number of aromatic nitrogens is 1. The smallest absolute Gasteiger partial charge is 0.339 e. The Hall–Kier alpha value is -3.88. The zero-order valence-electron chi connectivity index (χ0n) is 24.3. The molecule has 44 heavy (non-hydrogen) atoms. The van der Waals surface area contributed by atoms with E-state index < -0.39 is 12.1 Å². The van der Waals surface area contributed by atoms with Crippen molar-refractivity contribution in [2.75, 3.05) is 4.90 Å². The minimum atomic E-state index is -0.966. The molecule has 1 saturated heterocycles. The predicted octanol–water partition coefficient (Wildman–Crippen LogP) is 8.12. The van der Waals surface area contributed by atoms with Gasteiger partial charge in [0.2, 0.25) is 17.6 Å². The van der Waals surface area contributed by atoms with E-state index in [4.69, 9.17) is 21.3 Å². The highest BCUT2D eigenvalue weighted by molar-refractivity contribution is 9.10. The lowest BCUT2D eigenvalue weighted by Crippen LogP contribution is -2.30. The van der Waals surface area contributed by atoms with Gasteiger partial charge >= 0.3 is 5.97 Å². The fourth-order valence-corrected chi connectivity index (χ4v) is 6.95. The number of rotatable bonds is 7. The Balaban J connectivity index is 1.37. The summed E-state index contributed by atoms with van der Waals surface area (Å²) in [5, 5.41) is 0.997. The first-order valence-corrected chi connectivity index (χ1v) is 15.9. The number of fused-ring (bicyclic) bond motifs is 2. The number of anilines is 1. The van der Waals surface area contributed by atoms with Crippen molar-refractivity contribution in [3.63, 3.8) is 0 Å². The molecule has 3 aromatic carbocycles. The average molecular weight is 674 g/mol. The van der Waals surface area contributed by atoms with Crippen molar-refractivity contribution >= 4 is 67.7 Å². The monoisotopic (exact) mass is 672 g/mol. The Morgan fingerprint density at radius 3 is 2.25 bits per heavy atom. The number of hydrogen-bond donors (Lipinski definition) is 0.